The monoisotopic (exact) mass is 348 g/mol. The van der Waals surface area contributed by atoms with Gasteiger partial charge in [-0.2, -0.15) is 0 Å². The van der Waals surface area contributed by atoms with Crippen LogP contribution in [0.4, 0.5) is 0 Å². The standard InChI is InChI=1S/C18H17ClO5/c1-22-16-12-13(7-8-17(20)21)11-15(19)18(16)24-10-9-23-14-5-3-2-4-6-14/h2-8,11-12H,9-10H2,1H3,(H,20,21). The Balaban J connectivity index is 2.00. The van der Waals surface area contributed by atoms with Crippen LogP contribution in [0.25, 0.3) is 6.08 Å². The van der Waals surface area contributed by atoms with E-state index in [4.69, 9.17) is 30.9 Å². The highest BCUT2D eigenvalue weighted by molar-refractivity contribution is 6.32. The van der Waals surface area contributed by atoms with E-state index in [0.717, 1.165) is 11.8 Å². The Morgan fingerprint density at radius 3 is 2.54 bits per heavy atom. The molecule has 1 N–H and O–H groups in total. The van der Waals surface area contributed by atoms with Gasteiger partial charge in [-0.1, -0.05) is 29.8 Å². The van der Waals surface area contributed by atoms with Gasteiger partial charge >= 0.3 is 5.97 Å². The third kappa shape index (κ3) is 5.21. The van der Waals surface area contributed by atoms with Gasteiger partial charge in [0.2, 0.25) is 0 Å². The number of hydrogen-bond acceptors (Lipinski definition) is 4. The third-order valence-corrected chi connectivity index (χ3v) is 3.29. The molecular weight excluding hydrogens is 332 g/mol. The molecule has 0 unspecified atom stereocenters. The summed E-state index contributed by atoms with van der Waals surface area (Å²) < 4.78 is 16.4. The van der Waals surface area contributed by atoms with Gasteiger partial charge in [-0.25, -0.2) is 4.79 Å². The van der Waals surface area contributed by atoms with Crippen LogP contribution in [0.15, 0.2) is 48.5 Å². The summed E-state index contributed by atoms with van der Waals surface area (Å²) >= 11 is 6.20. The van der Waals surface area contributed by atoms with Crippen LogP contribution in [-0.4, -0.2) is 31.4 Å². The topological polar surface area (TPSA) is 65.0 Å². The van der Waals surface area contributed by atoms with Crippen molar-refractivity contribution in [2.75, 3.05) is 20.3 Å². The lowest BCUT2D eigenvalue weighted by molar-refractivity contribution is -0.131. The number of carboxylic acid groups (broad SMARTS) is 1. The van der Waals surface area contributed by atoms with Gasteiger partial charge in [-0.15, -0.1) is 0 Å². The molecule has 6 heteroatoms. The van der Waals surface area contributed by atoms with E-state index in [1.54, 1.807) is 12.1 Å². The summed E-state index contributed by atoms with van der Waals surface area (Å²) in [5, 5.41) is 9.01. The summed E-state index contributed by atoms with van der Waals surface area (Å²) in [6.07, 6.45) is 2.46. The molecule has 0 atom stereocenters. The molecule has 2 rings (SSSR count). The molecule has 2 aromatic rings. The molecule has 0 saturated carbocycles. The molecule has 0 heterocycles. The Kier molecular flexibility index (Phi) is 6.51. The maximum atomic E-state index is 10.6. The van der Waals surface area contributed by atoms with E-state index in [1.165, 1.54) is 13.2 Å². The first kappa shape index (κ1) is 17.7. The Labute approximate surface area is 145 Å². The summed E-state index contributed by atoms with van der Waals surface area (Å²) in [6, 6.07) is 12.7. The van der Waals surface area contributed by atoms with Gasteiger partial charge in [-0.05, 0) is 35.9 Å². The van der Waals surface area contributed by atoms with E-state index < -0.39 is 5.97 Å². The van der Waals surface area contributed by atoms with E-state index in [9.17, 15) is 4.79 Å². The number of halogens is 1. The fourth-order valence-electron chi connectivity index (χ4n) is 1.96. The maximum absolute atomic E-state index is 10.6. The van der Waals surface area contributed by atoms with Gasteiger partial charge < -0.3 is 19.3 Å². The van der Waals surface area contributed by atoms with E-state index >= 15 is 0 Å². The van der Waals surface area contributed by atoms with Crippen molar-refractivity contribution in [1.29, 1.82) is 0 Å². The first-order valence-corrected chi connectivity index (χ1v) is 7.57. The molecule has 0 saturated heterocycles. The van der Waals surface area contributed by atoms with Crippen LogP contribution in [0.2, 0.25) is 5.02 Å². The predicted molar refractivity (Wildman–Crippen MR) is 92.1 cm³/mol. The van der Waals surface area contributed by atoms with Gasteiger partial charge in [-0.3, -0.25) is 0 Å². The van der Waals surface area contributed by atoms with Crippen molar-refractivity contribution in [2.24, 2.45) is 0 Å². The fraction of sp³-hybridized carbons (Fsp3) is 0.167. The molecule has 0 amide bonds. The van der Waals surface area contributed by atoms with Crippen LogP contribution in [0.5, 0.6) is 17.2 Å². The zero-order chi connectivity index (χ0) is 17.4. The molecule has 0 radical (unpaired) electrons. The highest BCUT2D eigenvalue weighted by atomic mass is 35.5. The highest BCUT2D eigenvalue weighted by Crippen LogP contribution is 2.36. The quantitative estimate of drug-likeness (QED) is 0.579. The zero-order valence-corrected chi connectivity index (χ0v) is 13.8. The molecule has 2 aromatic carbocycles. The van der Waals surface area contributed by atoms with Crippen molar-refractivity contribution in [3.8, 4) is 17.2 Å². The summed E-state index contributed by atoms with van der Waals surface area (Å²) in [4.78, 5) is 10.6. The van der Waals surface area contributed by atoms with Crippen molar-refractivity contribution in [1.82, 2.24) is 0 Å². The molecule has 0 fully saturated rings. The summed E-state index contributed by atoms with van der Waals surface area (Å²) in [7, 11) is 1.49. The number of benzene rings is 2. The SMILES string of the molecule is COc1cc(C=CC(=O)O)cc(Cl)c1OCCOc1ccccc1. The lowest BCUT2D eigenvalue weighted by atomic mass is 10.2. The van der Waals surface area contributed by atoms with Crippen molar-refractivity contribution >= 4 is 23.6 Å². The largest absolute Gasteiger partial charge is 0.493 e. The number of para-hydroxylation sites is 1. The molecule has 0 aromatic heterocycles. The summed E-state index contributed by atoms with van der Waals surface area (Å²) in [6.45, 7) is 0.638. The van der Waals surface area contributed by atoms with Gasteiger partial charge in [0.05, 0.1) is 12.1 Å². The van der Waals surface area contributed by atoms with Crippen molar-refractivity contribution < 1.29 is 24.1 Å². The van der Waals surface area contributed by atoms with Gasteiger partial charge in [0.25, 0.3) is 0 Å². The Morgan fingerprint density at radius 1 is 1.17 bits per heavy atom. The minimum Gasteiger partial charge on any atom is -0.493 e. The van der Waals surface area contributed by atoms with E-state index in [0.29, 0.717) is 28.7 Å². The molecule has 24 heavy (non-hydrogen) atoms. The fourth-order valence-corrected chi connectivity index (χ4v) is 2.24. The smallest absolute Gasteiger partial charge is 0.328 e. The minimum atomic E-state index is -1.04. The Bertz CT molecular complexity index is 713. The summed E-state index contributed by atoms with van der Waals surface area (Å²) in [5.41, 5.74) is 0.604. The summed E-state index contributed by atoms with van der Waals surface area (Å²) in [5.74, 6) is 0.535. The molecule has 0 aliphatic heterocycles. The van der Waals surface area contributed by atoms with Crippen LogP contribution in [0.1, 0.15) is 5.56 Å². The average Bonchev–Trinajstić information content (AvgIpc) is 2.58. The molecule has 0 spiro atoms. The van der Waals surface area contributed by atoms with Crippen molar-refractivity contribution in [3.05, 3.63) is 59.1 Å². The Morgan fingerprint density at radius 2 is 1.88 bits per heavy atom. The van der Waals surface area contributed by atoms with Crippen LogP contribution in [-0.2, 0) is 4.79 Å². The van der Waals surface area contributed by atoms with Gasteiger partial charge in [0.15, 0.2) is 11.5 Å². The van der Waals surface area contributed by atoms with Crippen molar-refractivity contribution in [3.63, 3.8) is 0 Å². The molecule has 126 valence electrons. The first-order chi connectivity index (χ1) is 11.6. The number of methoxy groups -OCH3 is 1. The molecule has 0 bridgehead atoms. The normalized spacial score (nSPS) is 10.6. The molecule has 5 nitrogen and oxygen atoms in total. The number of aliphatic carboxylic acids is 1. The van der Waals surface area contributed by atoms with Crippen LogP contribution >= 0.6 is 11.6 Å². The molecular formula is C18H17ClO5. The van der Waals surface area contributed by atoms with Gasteiger partial charge in [0, 0.05) is 6.08 Å². The molecule has 0 aliphatic carbocycles. The number of rotatable bonds is 8. The van der Waals surface area contributed by atoms with Crippen molar-refractivity contribution in [2.45, 2.75) is 0 Å². The number of hydrogen-bond donors (Lipinski definition) is 1. The lowest BCUT2D eigenvalue weighted by Gasteiger charge is -2.13. The molecule has 0 aliphatic rings. The third-order valence-electron chi connectivity index (χ3n) is 3.01. The maximum Gasteiger partial charge on any atom is 0.328 e. The average molecular weight is 349 g/mol. The Hall–Kier alpha value is -2.66. The second kappa shape index (κ2) is 8.84. The van der Waals surface area contributed by atoms with E-state index in [1.807, 2.05) is 30.3 Å². The van der Waals surface area contributed by atoms with Crippen LogP contribution in [0, 0.1) is 0 Å². The zero-order valence-electron chi connectivity index (χ0n) is 13.1. The lowest BCUT2D eigenvalue weighted by Crippen LogP contribution is -2.10. The van der Waals surface area contributed by atoms with Crippen LogP contribution in [0.3, 0.4) is 0 Å². The number of ether oxygens (including phenoxy) is 3. The minimum absolute atomic E-state index is 0.287. The van der Waals surface area contributed by atoms with Gasteiger partial charge in [0.1, 0.15) is 19.0 Å². The van der Waals surface area contributed by atoms with E-state index in [-0.39, 0.29) is 6.61 Å². The van der Waals surface area contributed by atoms with E-state index in [2.05, 4.69) is 0 Å². The predicted octanol–water partition coefficient (Wildman–Crippen LogP) is 3.90. The number of carbonyl (C=O) groups is 1. The first-order valence-electron chi connectivity index (χ1n) is 7.19. The van der Waals surface area contributed by atoms with Crippen LogP contribution < -0.4 is 14.2 Å². The second-order valence-corrected chi connectivity index (χ2v) is 5.12. The highest BCUT2D eigenvalue weighted by Gasteiger charge is 2.11. The second-order valence-electron chi connectivity index (χ2n) is 4.72. The number of carboxylic acids is 1.